The largest absolute Gasteiger partial charge is 0.301 e. The van der Waals surface area contributed by atoms with Crippen LogP contribution in [-0.2, 0) is 10.2 Å². The SMILES string of the molecule is CC1CCCN(S(=O)(=O)Nc2ccc(Cl)nc2)C1. The van der Waals surface area contributed by atoms with Gasteiger partial charge in [-0.2, -0.15) is 12.7 Å². The number of rotatable bonds is 3. The number of aromatic nitrogens is 1. The molecule has 0 aromatic carbocycles. The van der Waals surface area contributed by atoms with E-state index in [0.29, 0.717) is 29.8 Å². The number of nitrogens with one attached hydrogen (secondary N) is 1. The van der Waals surface area contributed by atoms with Crippen LogP contribution in [0.3, 0.4) is 0 Å². The van der Waals surface area contributed by atoms with Crippen LogP contribution in [0.1, 0.15) is 19.8 Å². The Morgan fingerprint density at radius 2 is 2.28 bits per heavy atom. The van der Waals surface area contributed by atoms with Gasteiger partial charge < -0.3 is 0 Å². The first kappa shape index (κ1) is 13.6. The smallest absolute Gasteiger partial charge is 0.269 e. The fourth-order valence-electron chi connectivity index (χ4n) is 2.01. The normalized spacial score (nSPS) is 21.8. The van der Waals surface area contributed by atoms with E-state index in [1.807, 2.05) is 0 Å². The van der Waals surface area contributed by atoms with E-state index in [9.17, 15) is 8.42 Å². The number of hydrogen-bond donors (Lipinski definition) is 1. The summed E-state index contributed by atoms with van der Waals surface area (Å²) < 4.78 is 28.3. The highest BCUT2D eigenvalue weighted by Gasteiger charge is 2.26. The highest BCUT2D eigenvalue weighted by atomic mass is 35.5. The van der Waals surface area contributed by atoms with Gasteiger partial charge in [0.15, 0.2) is 0 Å². The summed E-state index contributed by atoms with van der Waals surface area (Å²) in [6.45, 7) is 3.20. The van der Waals surface area contributed by atoms with Crippen molar-refractivity contribution >= 4 is 27.5 Å². The Morgan fingerprint density at radius 3 is 2.89 bits per heavy atom. The first-order chi connectivity index (χ1) is 8.47. The van der Waals surface area contributed by atoms with Crippen molar-refractivity contribution in [2.45, 2.75) is 19.8 Å². The minimum atomic E-state index is -3.48. The van der Waals surface area contributed by atoms with Gasteiger partial charge in [-0.3, -0.25) is 4.72 Å². The summed E-state index contributed by atoms with van der Waals surface area (Å²) in [5.41, 5.74) is 0.428. The van der Waals surface area contributed by atoms with Gasteiger partial charge >= 0.3 is 10.2 Å². The van der Waals surface area contributed by atoms with Crippen molar-refractivity contribution in [3.63, 3.8) is 0 Å². The number of piperidine rings is 1. The molecule has 2 heterocycles. The Kier molecular flexibility index (Phi) is 4.09. The van der Waals surface area contributed by atoms with Crippen molar-refractivity contribution in [3.8, 4) is 0 Å². The van der Waals surface area contributed by atoms with E-state index >= 15 is 0 Å². The monoisotopic (exact) mass is 289 g/mol. The van der Waals surface area contributed by atoms with Crippen LogP contribution in [0.2, 0.25) is 5.15 Å². The van der Waals surface area contributed by atoms with Gasteiger partial charge in [-0.1, -0.05) is 18.5 Å². The topological polar surface area (TPSA) is 62.3 Å². The Labute approximate surface area is 112 Å². The zero-order valence-electron chi connectivity index (χ0n) is 10.1. The average Bonchev–Trinajstić information content (AvgIpc) is 2.32. The summed E-state index contributed by atoms with van der Waals surface area (Å²) in [4.78, 5) is 3.84. The molecule has 1 aromatic heterocycles. The molecule has 2 rings (SSSR count). The molecule has 1 atom stereocenters. The summed E-state index contributed by atoms with van der Waals surface area (Å²) in [6.07, 6.45) is 3.39. The molecule has 1 aromatic rings. The highest BCUT2D eigenvalue weighted by Crippen LogP contribution is 2.20. The Hall–Kier alpha value is -0.850. The maximum atomic E-state index is 12.1. The van der Waals surface area contributed by atoms with Crippen LogP contribution in [0, 0.1) is 5.92 Å². The Bertz CT molecular complexity index is 504. The standard InChI is InChI=1S/C11H16ClN3O2S/c1-9-3-2-6-15(8-9)18(16,17)14-10-4-5-11(12)13-7-10/h4-5,7,9,14H,2-3,6,8H2,1H3. The molecule has 0 bridgehead atoms. The molecular formula is C11H16ClN3O2S. The fraction of sp³-hybridized carbons (Fsp3) is 0.545. The van der Waals surface area contributed by atoms with Crippen LogP contribution in [-0.4, -0.2) is 30.8 Å². The summed E-state index contributed by atoms with van der Waals surface area (Å²) in [5, 5.41) is 0.338. The summed E-state index contributed by atoms with van der Waals surface area (Å²) in [7, 11) is -3.48. The number of pyridine rings is 1. The van der Waals surface area contributed by atoms with Gasteiger partial charge in [-0.05, 0) is 30.9 Å². The molecule has 1 aliphatic rings. The van der Waals surface area contributed by atoms with E-state index in [2.05, 4.69) is 16.6 Å². The molecule has 1 unspecified atom stereocenters. The molecular weight excluding hydrogens is 274 g/mol. The van der Waals surface area contributed by atoms with Gasteiger partial charge in [0.1, 0.15) is 5.15 Å². The third-order valence-corrected chi connectivity index (χ3v) is 4.66. The number of hydrogen-bond acceptors (Lipinski definition) is 3. The van der Waals surface area contributed by atoms with Gasteiger partial charge in [0.05, 0.1) is 11.9 Å². The zero-order chi connectivity index (χ0) is 13.2. The van der Waals surface area contributed by atoms with Crippen molar-refractivity contribution in [1.29, 1.82) is 0 Å². The van der Waals surface area contributed by atoms with Crippen molar-refractivity contribution in [1.82, 2.24) is 9.29 Å². The molecule has 100 valence electrons. The molecule has 0 aliphatic carbocycles. The molecule has 0 amide bonds. The number of nitrogens with zero attached hydrogens (tertiary/aromatic N) is 2. The number of anilines is 1. The van der Waals surface area contributed by atoms with Crippen molar-refractivity contribution in [3.05, 3.63) is 23.5 Å². The molecule has 1 aliphatic heterocycles. The molecule has 0 saturated carbocycles. The number of halogens is 1. The zero-order valence-corrected chi connectivity index (χ0v) is 11.7. The summed E-state index contributed by atoms with van der Waals surface area (Å²) in [5.74, 6) is 0.402. The highest BCUT2D eigenvalue weighted by molar-refractivity contribution is 7.90. The molecule has 0 spiro atoms. The van der Waals surface area contributed by atoms with Crippen LogP contribution < -0.4 is 4.72 Å². The van der Waals surface area contributed by atoms with Crippen LogP contribution >= 0.6 is 11.6 Å². The molecule has 0 radical (unpaired) electrons. The summed E-state index contributed by atoms with van der Waals surface area (Å²) in [6, 6.07) is 3.15. The lowest BCUT2D eigenvalue weighted by molar-refractivity contribution is 0.282. The second-order valence-corrected chi connectivity index (χ2v) is 6.64. The average molecular weight is 290 g/mol. The van der Waals surface area contributed by atoms with Gasteiger partial charge in [-0.25, -0.2) is 4.98 Å². The maximum Gasteiger partial charge on any atom is 0.301 e. The Balaban J connectivity index is 2.09. The van der Waals surface area contributed by atoms with Gasteiger partial charge in [0.2, 0.25) is 0 Å². The van der Waals surface area contributed by atoms with Gasteiger partial charge in [0, 0.05) is 13.1 Å². The third kappa shape index (κ3) is 3.34. The van der Waals surface area contributed by atoms with E-state index in [4.69, 9.17) is 11.6 Å². The molecule has 18 heavy (non-hydrogen) atoms. The minimum Gasteiger partial charge on any atom is -0.269 e. The van der Waals surface area contributed by atoms with E-state index in [1.165, 1.54) is 10.5 Å². The predicted molar refractivity (Wildman–Crippen MR) is 71.8 cm³/mol. The maximum absolute atomic E-state index is 12.1. The Morgan fingerprint density at radius 1 is 1.50 bits per heavy atom. The van der Waals surface area contributed by atoms with Crippen molar-refractivity contribution < 1.29 is 8.42 Å². The van der Waals surface area contributed by atoms with Gasteiger partial charge in [-0.15, -0.1) is 0 Å². The molecule has 7 heteroatoms. The van der Waals surface area contributed by atoms with Crippen molar-refractivity contribution in [2.75, 3.05) is 17.8 Å². The molecule has 1 saturated heterocycles. The van der Waals surface area contributed by atoms with Crippen LogP contribution in [0.15, 0.2) is 18.3 Å². The first-order valence-corrected chi connectivity index (χ1v) is 7.68. The predicted octanol–water partition coefficient (Wildman–Crippen LogP) is 2.12. The second-order valence-electron chi connectivity index (χ2n) is 4.58. The lowest BCUT2D eigenvalue weighted by Crippen LogP contribution is -2.42. The van der Waals surface area contributed by atoms with Gasteiger partial charge in [0.25, 0.3) is 0 Å². The van der Waals surface area contributed by atoms with E-state index in [0.717, 1.165) is 12.8 Å². The first-order valence-electron chi connectivity index (χ1n) is 5.87. The van der Waals surface area contributed by atoms with E-state index < -0.39 is 10.2 Å². The van der Waals surface area contributed by atoms with Crippen LogP contribution in [0.4, 0.5) is 5.69 Å². The second kappa shape index (κ2) is 5.42. The molecule has 5 nitrogen and oxygen atoms in total. The lowest BCUT2D eigenvalue weighted by atomic mass is 10.0. The van der Waals surface area contributed by atoms with Crippen LogP contribution in [0.5, 0.6) is 0 Å². The third-order valence-electron chi connectivity index (χ3n) is 2.93. The molecule has 1 N–H and O–H groups in total. The quantitative estimate of drug-likeness (QED) is 0.867. The lowest BCUT2D eigenvalue weighted by Gasteiger charge is -2.30. The minimum absolute atomic E-state index is 0.338. The van der Waals surface area contributed by atoms with Crippen LogP contribution in [0.25, 0.3) is 0 Å². The summed E-state index contributed by atoms with van der Waals surface area (Å²) >= 11 is 5.65. The fourth-order valence-corrected chi connectivity index (χ4v) is 3.49. The van der Waals surface area contributed by atoms with E-state index in [1.54, 1.807) is 12.1 Å². The van der Waals surface area contributed by atoms with E-state index in [-0.39, 0.29) is 0 Å². The molecule has 1 fully saturated rings. The van der Waals surface area contributed by atoms with Crippen molar-refractivity contribution in [2.24, 2.45) is 5.92 Å².